The fourth-order valence-corrected chi connectivity index (χ4v) is 3.68. The Morgan fingerprint density at radius 2 is 2.20 bits per heavy atom. The summed E-state index contributed by atoms with van der Waals surface area (Å²) in [5, 5.41) is 0. The van der Waals surface area contributed by atoms with E-state index in [0.717, 1.165) is 29.2 Å². The molecular formula is C15H19N3OS. The molecule has 0 aromatic carbocycles. The van der Waals surface area contributed by atoms with E-state index in [2.05, 4.69) is 21.8 Å². The minimum Gasteiger partial charge on any atom is -0.312 e. The maximum absolute atomic E-state index is 11.7. The standard InChI is InChI=1S/C15H19N3OS/c1-11-4-2-3-9-18(11)10-13-14(17-15(19)20-13)12-5-7-16-8-6-12/h5-8,11H,2-4,9-10H2,1H3,(H,17,19). The third-order valence-corrected chi connectivity index (χ3v) is 4.85. The van der Waals surface area contributed by atoms with Crippen LogP contribution in [0.2, 0.25) is 0 Å². The van der Waals surface area contributed by atoms with Crippen LogP contribution in [0.3, 0.4) is 0 Å². The lowest BCUT2D eigenvalue weighted by Gasteiger charge is -2.33. The van der Waals surface area contributed by atoms with Crippen LogP contribution in [0.4, 0.5) is 0 Å². The summed E-state index contributed by atoms with van der Waals surface area (Å²) in [6.45, 7) is 4.27. The third kappa shape index (κ3) is 2.83. The second kappa shape index (κ2) is 5.89. The van der Waals surface area contributed by atoms with Gasteiger partial charge in [-0.25, -0.2) is 0 Å². The summed E-state index contributed by atoms with van der Waals surface area (Å²) in [7, 11) is 0. The van der Waals surface area contributed by atoms with Crippen LogP contribution in [0.25, 0.3) is 11.3 Å². The Kier molecular flexibility index (Phi) is 3.98. The molecular weight excluding hydrogens is 270 g/mol. The molecule has 106 valence electrons. The van der Waals surface area contributed by atoms with Crippen molar-refractivity contribution in [2.75, 3.05) is 6.54 Å². The molecule has 1 aliphatic heterocycles. The predicted molar refractivity (Wildman–Crippen MR) is 81.9 cm³/mol. The molecule has 20 heavy (non-hydrogen) atoms. The lowest BCUT2D eigenvalue weighted by atomic mass is 10.0. The van der Waals surface area contributed by atoms with Gasteiger partial charge in [-0.3, -0.25) is 14.7 Å². The number of rotatable bonds is 3. The minimum atomic E-state index is 0.0245. The van der Waals surface area contributed by atoms with Crippen LogP contribution in [-0.4, -0.2) is 27.5 Å². The topological polar surface area (TPSA) is 49.0 Å². The number of H-pyrrole nitrogens is 1. The number of hydrogen-bond donors (Lipinski definition) is 1. The summed E-state index contributed by atoms with van der Waals surface area (Å²) in [5.41, 5.74) is 2.00. The first kappa shape index (κ1) is 13.5. The summed E-state index contributed by atoms with van der Waals surface area (Å²) in [6, 6.07) is 4.49. The number of hydrogen-bond acceptors (Lipinski definition) is 4. The maximum Gasteiger partial charge on any atom is 0.305 e. The number of pyridine rings is 1. The summed E-state index contributed by atoms with van der Waals surface area (Å²) < 4.78 is 0. The smallest absolute Gasteiger partial charge is 0.305 e. The van der Waals surface area contributed by atoms with E-state index in [0.29, 0.717) is 6.04 Å². The second-order valence-electron chi connectivity index (χ2n) is 5.36. The molecule has 3 heterocycles. The van der Waals surface area contributed by atoms with E-state index in [9.17, 15) is 4.79 Å². The van der Waals surface area contributed by atoms with E-state index in [1.165, 1.54) is 30.6 Å². The summed E-state index contributed by atoms with van der Waals surface area (Å²) in [4.78, 5) is 22.4. The van der Waals surface area contributed by atoms with Gasteiger partial charge >= 0.3 is 4.87 Å². The van der Waals surface area contributed by atoms with Crippen molar-refractivity contribution < 1.29 is 0 Å². The summed E-state index contributed by atoms with van der Waals surface area (Å²) in [6.07, 6.45) is 7.35. The molecule has 0 amide bonds. The molecule has 3 rings (SSSR count). The number of aromatic amines is 1. The zero-order valence-corrected chi connectivity index (χ0v) is 12.4. The molecule has 0 aliphatic carbocycles. The number of piperidine rings is 1. The highest BCUT2D eigenvalue weighted by atomic mass is 32.1. The Balaban J connectivity index is 1.88. The lowest BCUT2D eigenvalue weighted by Crippen LogP contribution is -2.36. The fourth-order valence-electron chi connectivity index (χ4n) is 2.80. The van der Waals surface area contributed by atoms with Crippen LogP contribution in [0, 0.1) is 0 Å². The van der Waals surface area contributed by atoms with Crippen LogP contribution in [0.5, 0.6) is 0 Å². The van der Waals surface area contributed by atoms with Crippen LogP contribution in [-0.2, 0) is 6.54 Å². The summed E-state index contributed by atoms with van der Waals surface area (Å²) in [5.74, 6) is 0. The first-order valence-corrected chi connectivity index (χ1v) is 7.92. The van der Waals surface area contributed by atoms with Gasteiger partial charge in [0.25, 0.3) is 0 Å². The van der Waals surface area contributed by atoms with Gasteiger partial charge in [-0.15, -0.1) is 0 Å². The Labute approximate surface area is 122 Å². The average molecular weight is 289 g/mol. The number of nitrogens with one attached hydrogen (secondary N) is 1. The van der Waals surface area contributed by atoms with E-state index in [1.807, 2.05) is 12.1 Å². The van der Waals surface area contributed by atoms with Gasteiger partial charge in [0.2, 0.25) is 0 Å². The molecule has 1 saturated heterocycles. The van der Waals surface area contributed by atoms with Crippen molar-refractivity contribution in [1.29, 1.82) is 0 Å². The average Bonchev–Trinajstić information content (AvgIpc) is 2.83. The van der Waals surface area contributed by atoms with Gasteiger partial charge in [0.1, 0.15) is 0 Å². The van der Waals surface area contributed by atoms with E-state index in [1.54, 1.807) is 12.4 Å². The zero-order valence-electron chi connectivity index (χ0n) is 11.6. The molecule has 2 aromatic rings. The maximum atomic E-state index is 11.7. The highest BCUT2D eigenvalue weighted by Crippen LogP contribution is 2.26. The first-order valence-electron chi connectivity index (χ1n) is 7.10. The Hall–Kier alpha value is -1.46. The number of thiazole rings is 1. The van der Waals surface area contributed by atoms with Crippen molar-refractivity contribution in [3.8, 4) is 11.3 Å². The molecule has 1 N–H and O–H groups in total. The fraction of sp³-hybridized carbons (Fsp3) is 0.467. The van der Waals surface area contributed by atoms with E-state index in [-0.39, 0.29) is 4.87 Å². The quantitative estimate of drug-likeness (QED) is 0.945. The van der Waals surface area contributed by atoms with Crippen molar-refractivity contribution in [3.63, 3.8) is 0 Å². The SMILES string of the molecule is CC1CCCCN1Cc1sc(=O)[nH]c1-c1ccncc1. The largest absolute Gasteiger partial charge is 0.312 e. The molecule has 0 radical (unpaired) electrons. The van der Waals surface area contributed by atoms with Crippen LogP contribution >= 0.6 is 11.3 Å². The van der Waals surface area contributed by atoms with Crippen molar-refractivity contribution in [2.45, 2.75) is 38.8 Å². The number of nitrogens with zero attached hydrogens (tertiary/aromatic N) is 2. The van der Waals surface area contributed by atoms with Crippen molar-refractivity contribution >= 4 is 11.3 Å². The molecule has 1 unspecified atom stereocenters. The highest BCUT2D eigenvalue weighted by molar-refractivity contribution is 7.09. The molecule has 2 aromatic heterocycles. The van der Waals surface area contributed by atoms with E-state index in [4.69, 9.17) is 0 Å². The third-order valence-electron chi connectivity index (χ3n) is 3.98. The monoisotopic (exact) mass is 289 g/mol. The van der Waals surface area contributed by atoms with Crippen LogP contribution in [0.15, 0.2) is 29.3 Å². The Morgan fingerprint density at radius 3 is 2.95 bits per heavy atom. The van der Waals surface area contributed by atoms with Crippen molar-refractivity contribution in [3.05, 3.63) is 39.1 Å². The molecule has 0 spiro atoms. The van der Waals surface area contributed by atoms with E-state index >= 15 is 0 Å². The number of aromatic nitrogens is 2. The van der Waals surface area contributed by atoms with Gasteiger partial charge in [-0.2, -0.15) is 0 Å². The highest BCUT2D eigenvalue weighted by Gasteiger charge is 2.21. The molecule has 0 bridgehead atoms. The van der Waals surface area contributed by atoms with Crippen molar-refractivity contribution in [2.24, 2.45) is 0 Å². The van der Waals surface area contributed by atoms with Crippen LogP contribution in [0.1, 0.15) is 31.1 Å². The predicted octanol–water partition coefficient (Wildman–Crippen LogP) is 2.87. The lowest BCUT2D eigenvalue weighted by molar-refractivity contribution is 0.154. The second-order valence-corrected chi connectivity index (χ2v) is 6.43. The molecule has 0 saturated carbocycles. The first-order chi connectivity index (χ1) is 9.74. The van der Waals surface area contributed by atoms with Gasteiger partial charge < -0.3 is 4.98 Å². The van der Waals surface area contributed by atoms with Gasteiger partial charge in [-0.1, -0.05) is 17.8 Å². The number of likely N-dealkylation sites (tertiary alicyclic amines) is 1. The van der Waals surface area contributed by atoms with Gasteiger partial charge in [0.05, 0.1) is 5.69 Å². The molecule has 4 nitrogen and oxygen atoms in total. The van der Waals surface area contributed by atoms with Crippen LogP contribution < -0.4 is 4.87 Å². The molecule has 1 fully saturated rings. The molecule has 5 heteroatoms. The zero-order chi connectivity index (χ0) is 13.9. The minimum absolute atomic E-state index is 0.0245. The normalized spacial score (nSPS) is 20.1. The van der Waals surface area contributed by atoms with Gasteiger partial charge in [-0.05, 0) is 38.4 Å². The van der Waals surface area contributed by atoms with Gasteiger partial charge in [0, 0.05) is 35.4 Å². The van der Waals surface area contributed by atoms with Gasteiger partial charge in [0.15, 0.2) is 0 Å². The Morgan fingerprint density at radius 1 is 1.40 bits per heavy atom. The van der Waals surface area contributed by atoms with E-state index < -0.39 is 0 Å². The molecule has 1 atom stereocenters. The molecule has 1 aliphatic rings. The summed E-state index contributed by atoms with van der Waals surface area (Å²) >= 11 is 1.33. The Bertz CT molecular complexity index is 620. The van der Waals surface area contributed by atoms with Crippen molar-refractivity contribution in [1.82, 2.24) is 14.9 Å².